The van der Waals surface area contributed by atoms with E-state index in [1.54, 1.807) is 53.1 Å². The second-order valence-corrected chi connectivity index (χ2v) is 8.05. The molecule has 1 aliphatic heterocycles. The number of hydrogen-bond donors (Lipinski definition) is 2. The van der Waals surface area contributed by atoms with Gasteiger partial charge in [0.15, 0.2) is 6.29 Å². The third-order valence-corrected chi connectivity index (χ3v) is 6.03. The zero-order valence-electron chi connectivity index (χ0n) is 16.3. The van der Waals surface area contributed by atoms with Gasteiger partial charge in [0.1, 0.15) is 18.1 Å². The van der Waals surface area contributed by atoms with Crippen LogP contribution in [0.15, 0.2) is 42.5 Å². The molecule has 1 amide bonds. The maximum atomic E-state index is 13.3. The van der Waals surface area contributed by atoms with E-state index in [2.05, 4.69) is 0 Å². The molecule has 0 radical (unpaired) electrons. The summed E-state index contributed by atoms with van der Waals surface area (Å²) in [4.78, 5) is 37.2. The standard InChI is InChI=1S/C22H23NO6S/c24-12-18-19(25)6-3-7-20(18)29-13-16-14-30-11-10-23(16)22(28)17-5-2-1-4-15(17)8-9-21(26)27/h1-7,12,16,25H,8-11,13-14H2,(H,26,27). The number of ether oxygens (including phenoxy) is 1. The minimum atomic E-state index is -0.907. The summed E-state index contributed by atoms with van der Waals surface area (Å²) in [6.45, 7) is 0.728. The highest BCUT2D eigenvalue weighted by atomic mass is 32.2. The van der Waals surface area contributed by atoms with Gasteiger partial charge in [-0.1, -0.05) is 24.3 Å². The van der Waals surface area contributed by atoms with Crippen molar-refractivity contribution in [3.05, 3.63) is 59.2 Å². The van der Waals surface area contributed by atoms with Crippen molar-refractivity contribution in [2.24, 2.45) is 0 Å². The van der Waals surface area contributed by atoms with Gasteiger partial charge in [0, 0.05) is 30.0 Å². The molecule has 30 heavy (non-hydrogen) atoms. The van der Waals surface area contributed by atoms with Crippen LogP contribution in [0.2, 0.25) is 0 Å². The third-order valence-electron chi connectivity index (χ3n) is 4.94. The molecule has 2 N–H and O–H groups in total. The number of rotatable bonds is 8. The van der Waals surface area contributed by atoms with Crippen LogP contribution in [0.4, 0.5) is 0 Å². The van der Waals surface area contributed by atoms with Crippen molar-refractivity contribution in [1.29, 1.82) is 0 Å². The van der Waals surface area contributed by atoms with Crippen LogP contribution in [0.5, 0.6) is 11.5 Å². The number of aryl methyl sites for hydroxylation is 1. The summed E-state index contributed by atoms with van der Waals surface area (Å²) in [6.07, 6.45) is 0.785. The number of phenols is 1. The fourth-order valence-corrected chi connectivity index (χ4v) is 4.41. The van der Waals surface area contributed by atoms with E-state index in [4.69, 9.17) is 9.84 Å². The second-order valence-electron chi connectivity index (χ2n) is 6.90. The van der Waals surface area contributed by atoms with Crippen molar-refractivity contribution in [3.63, 3.8) is 0 Å². The van der Waals surface area contributed by atoms with E-state index in [1.165, 1.54) is 6.07 Å². The first kappa shape index (κ1) is 21.7. The number of carboxylic acids is 1. The van der Waals surface area contributed by atoms with Crippen molar-refractivity contribution >= 4 is 29.9 Å². The average Bonchev–Trinajstić information content (AvgIpc) is 2.76. The topological polar surface area (TPSA) is 104 Å². The summed E-state index contributed by atoms with van der Waals surface area (Å²) >= 11 is 1.72. The zero-order valence-corrected chi connectivity index (χ0v) is 17.1. The first-order chi connectivity index (χ1) is 14.5. The van der Waals surface area contributed by atoms with Crippen molar-refractivity contribution in [2.75, 3.05) is 24.7 Å². The molecule has 1 unspecified atom stereocenters. The summed E-state index contributed by atoms with van der Waals surface area (Å²) in [5.74, 6) is 0.533. The van der Waals surface area contributed by atoms with Gasteiger partial charge in [-0.3, -0.25) is 14.4 Å². The maximum absolute atomic E-state index is 13.3. The molecule has 1 heterocycles. The molecule has 0 spiro atoms. The second kappa shape index (κ2) is 10.2. The van der Waals surface area contributed by atoms with Crippen LogP contribution in [0, 0.1) is 0 Å². The van der Waals surface area contributed by atoms with Gasteiger partial charge < -0.3 is 19.8 Å². The molecule has 1 fully saturated rings. The Kier molecular flexibility index (Phi) is 7.35. The largest absolute Gasteiger partial charge is 0.507 e. The van der Waals surface area contributed by atoms with E-state index < -0.39 is 5.97 Å². The number of carbonyl (C=O) groups excluding carboxylic acids is 2. The number of carboxylic acid groups (broad SMARTS) is 1. The first-order valence-corrected chi connectivity index (χ1v) is 10.7. The van der Waals surface area contributed by atoms with Crippen molar-refractivity contribution in [3.8, 4) is 11.5 Å². The van der Waals surface area contributed by atoms with Gasteiger partial charge in [-0.05, 0) is 30.2 Å². The van der Waals surface area contributed by atoms with Crippen LogP contribution in [-0.4, -0.2) is 64.0 Å². The molecular formula is C22H23NO6S. The van der Waals surface area contributed by atoms with E-state index >= 15 is 0 Å². The zero-order chi connectivity index (χ0) is 21.5. The number of carbonyl (C=O) groups is 3. The van der Waals surface area contributed by atoms with Crippen LogP contribution in [0.3, 0.4) is 0 Å². The van der Waals surface area contributed by atoms with Crippen LogP contribution in [0.1, 0.15) is 32.7 Å². The fraction of sp³-hybridized carbons (Fsp3) is 0.318. The Labute approximate surface area is 178 Å². The Morgan fingerprint density at radius 2 is 2.00 bits per heavy atom. The third kappa shape index (κ3) is 5.13. The minimum absolute atomic E-state index is 0.0430. The Morgan fingerprint density at radius 3 is 2.77 bits per heavy atom. The molecule has 2 aromatic rings. The highest BCUT2D eigenvalue weighted by Gasteiger charge is 2.29. The summed E-state index contributed by atoms with van der Waals surface area (Å²) in [6, 6.07) is 11.5. The smallest absolute Gasteiger partial charge is 0.303 e. The van der Waals surface area contributed by atoms with Crippen molar-refractivity contribution in [2.45, 2.75) is 18.9 Å². The number of aldehydes is 1. The number of benzene rings is 2. The molecule has 158 valence electrons. The molecule has 0 aromatic heterocycles. The highest BCUT2D eigenvalue weighted by Crippen LogP contribution is 2.27. The van der Waals surface area contributed by atoms with Crippen LogP contribution >= 0.6 is 11.8 Å². The SMILES string of the molecule is O=Cc1c(O)cccc1OCC1CSCCN1C(=O)c1ccccc1CCC(=O)O. The predicted molar refractivity (Wildman–Crippen MR) is 114 cm³/mol. The molecule has 2 aromatic carbocycles. The molecule has 8 heteroatoms. The molecule has 7 nitrogen and oxygen atoms in total. The van der Waals surface area contributed by atoms with Gasteiger partial charge >= 0.3 is 5.97 Å². The summed E-state index contributed by atoms with van der Waals surface area (Å²) < 4.78 is 5.80. The summed E-state index contributed by atoms with van der Waals surface area (Å²) in [7, 11) is 0. The molecule has 0 aliphatic carbocycles. The van der Waals surface area contributed by atoms with E-state index in [0.717, 1.165) is 5.75 Å². The van der Waals surface area contributed by atoms with E-state index in [9.17, 15) is 19.5 Å². The number of nitrogens with zero attached hydrogens (tertiary/aromatic N) is 1. The van der Waals surface area contributed by atoms with Crippen LogP contribution < -0.4 is 4.74 Å². The lowest BCUT2D eigenvalue weighted by Gasteiger charge is -2.35. The van der Waals surface area contributed by atoms with Crippen molar-refractivity contribution in [1.82, 2.24) is 4.90 Å². The lowest BCUT2D eigenvalue weighted by atomic mass is 10.0. The van der Waals surface area contributed by atoms with Gasteiger partial charge in [0.05, 0.1) is 11.6 Å². The van der Waals surface area contributed by atoms with Gasteiger partial charge in [-0.2, -0.15) is 11.8 Å². The minimum Gasteiger partial charge on any atom is -0.507 e. The van der Waals surface area contributed by atoms with E-state index in [1.807, 2.05) is 0 Å². The maximum Gasteiger partial charge on any atom is 0.303 e. The number of aliphatic carboxylic acids is 1. The van der Waals surface area contributed by atoms with E-state index in [0.29, 0.717) is 29.7 Å². The van der Waals surface area contributed by atoms with Gasteiger partial charge in [-0.15, -0.1) is 0 Å². The fourth-order valence-electron chi connectivity index (χ4n) is 3.37. The number of thioether (sulfide) groups is 1. The molecule has 0 saturated carbocycles. The normalized spacial score (nSPS) is 16.1. The Bertz CT molecular complexity index is 932. The molecular weight excluding hydrogens is 406 g/mol. The Balaban J connectivity index is 1.76. The molecule has 1 atom stereocenters. The Morgan fingerprint density at radius 1 is 1.20 bits per heavy atom. The van der Waals surface area contributed by atoms with Crippen LogP contribution in [-0.2, 0) is 11.2 Å². The molecule has 1 saturated heterocycles. The van der Waals surface area contributed by atoms with Gasteiger partial charge in [-0.25, -0.2) is 0 Å². The number of amides is 1. The quantitative estimate of drug-likeness (QED) is 0.622. The molecule has 1 aliphatic rings. The monoisotopic (exact) mass is 429 g/mol. The van der Waals surface area contributed by atoms with Gasteiger partial charge in [0.2, 0.25) is 0 Å². The molecule has 3 rings (SSSR count). The number of aromatic hydroxyl groups is 1. The lowest BCUT2D eigenvalue weighted by Crippen LogP contribution is -2.49. The average molecular weight is 429 g/mol. The first-order valence-electron chi connectivity index (χ1n) is 9.59. The summed E-state index contributed by atoms with van der Waals surface area (Å²) in [5, 5.41) is 18.8. The summed E-state index contributed by atoms with van der Waals surface area (Å²) in [5.41, 5.74) is 1.29. The Hall–Kier alpha value is -3.00. The highest BCUT2D eigenvalue weighted by molar-refractivity contribution is 7.99. The molecule has 0 bridgehead atoms. The lowest BCUT2D eigenvalue weighted by molar-refractivity contribution is -0.136. The number of hydrogen-bond acceptors (Lipinski definition) is 6. The number of phenolic OH excluding ortho intramolecular Hbond substituents is 1. The van der Waals surface area contributed by atoms with Crippen LogP contribution in [0.25, 0.3) is 0 Å². The van der Waals surface area contributed by atoms with Gasteiger partial charge in [0.25, 0.3) is 5.91 Å². The predicted octanol–water partition coefficient (Wildman–Crippen LogP) is 2.86. The van der Waals surface area contributed by atoms with E-state index in [-0.39, 0.29) is 48.5 Å². The van der Waals surface area contributed by atoms with Crippen molar-refractivity contribution < 1.29 is 29.3 Å².